The fraction of sp³-hybridized carbons (Fsp3) is 0.355. The number of aliphatic hydroxyl groups is 1. The van der Waals surface area contributed by atoms with E-state index in [0.29, 0.717) is 11.3 Å². The van der Waals surface area contributed by atoms with Crippen molar-refractivity contribution in [1.29, 1.82) is 0 Å². The van der Waals surface area contributed by atoms with Crippen LogP contribution in [0.15, 0.2) is 71.6 Å². The van der Waals surface area contributed by atoms with Gasteiger partial charge in [0.15, 0.2) is 9.84 Å². The quantitative estimate of drug-likeness (QED) is 0.325. The van der Waals surface area contributed by atoms with Crippen LogP contribution in [0.5, 0.6) is 5.75 Å². The van der Waals surface area contributed by atoms with Crippen LogP contribution in [0.2, 0.25) is 0 Å². The summed E-state index contributed by atoms with van der Waals surface area (Å²) in [5.74, 6) is -2.26. The Bertz CT molecular complexity index is 1500. The van der Waals surface area contributed by atoms with Crippen LogP contribution in [-0.2, 0) is 32.6 Å². The number of carboxylic acids is 2. The molecule has 1 aliphatic rings. The largest absolute Gasteiger partial charge is 0.489 e. The van der Waals surface area contributed by atoms with Crippen molar-refractivity contribution in [3.63, 3.8) is 0 Å². The molecule has 0 radical (unpaired) electrons. The van der Waals surface area contributed by atoms with Gasteiger partial charge in [-0.15, -0.1) is 0 Å². The molecule has 1 heterocycles. The average molecular weight is 582 g/mol. The predicted octanol–water partition coefficient (Wildman–Crippen LogP) is 3.85. The maximum absolute atomic E-state index is 13.2. The zero-order valence-corrected chi connectivity index (χ0v) is 24.1. The van der Waals surface area contributed by atoms with Gasteiger partial charge in [-0.1, -0.05) is 67.9 Å². The monoisotopic (exact) mass is 581 g/mol. The third-order valence-corrected chi connectivity index (χ3v) is 9.47. The molecule has 10 heteroatoms. The van der Waals surface area contributed by atoms with Crippen LogP contribution < -0.4 is 4.74 Å². The van der Waals surface area contributed by atoms with Gasteiger partial charge >= 0.3 is 11.9 Å². The Kier molecular flexibility index (Phi) is 8.86. The van der Waals surface area contributed by atoms with E-state index in [-0.39, 0.29) is 36.9 Å². The molecule has 0 spiro atoms. The van der Waals surface area contributed by atoms with Crippen LogP contribution >= 0.6 is 0 Å². The fourth-order valence-corrected chi connectivity index (χ4v) is 7.44. The molecule has 3 N–H and O–H groups in total. The molecule has 9 nitrogen and oxygen atoms in total. The maximum Gasteiger partial charge on any atom is 0.317 e. The Labute approximate surface area is 239 Å². The molecule has 1 aliphatic heterocycles. The highest BCUT2D eigenvalue weighted by Crippen LogP contribution is 2.45. The van der Waals surface area contributed by atoms with Gasteiger partial charge in [0.2, 0.25) is 0 Å². The van der Waals surface area contributed by atoms with Crippen LogP contribution in [-0.4, -0.2) is 65.5 Å². The lowest BCUT2D eigenvalue weighted by Gasteiger charge is -2.33. The number of aliphatic hydroxyl groups excluding tert-OH is 1. The van der Waals surface area contributed by atoms with Crippen molar-refractivity contribution in [2.75, 3.05) is 18.8 Å². The smallest absolute Gasteiger partial charge is 0.317 e. The number of rotatable bonds is 10. The number of hydrogen-bond donors (Lipinski definition) is 3. The number of carbonyl (C=O) groups is 2. The average Bonchev–Trinajstić information content (AvgIpc) is 2.93. The first-order chi connectivity index (χ1) is 19.2. The minimum atomic E-state index is -3.58. The van der Waals surface area contributed by atoms with Crippen molar-refractivity contribution in [1.82, 2.24) is 4.90 Å². The number of carboxylic acid groups (broad SMARTS) is 2. The van der Waals surface area contributed by atoms with Crippen LogP contribution in [0.1, 0.15) is 47.6 Å². The lowest BCUT2D eigenvalue weighted by atomic mass is 9.75. The molecule has 218 valence electrons. The number of hydrogen-bond acceptors (Lipinski definition) is 7. The van der Waals surface area contributed by atoms with E-state index in [1.165, 1.54) is 4.90 Å². The van der Waals surface area contributed by atoms with Crippen molar-refractivity contribution in [2.24, 2.45) is 5.41 Å². The van der Waals surface area contributed by atoms with Gasteiger partial charge in [0.05, 0.1) is 29.8 Å². The molecule has 0 saturated heterocycles. The highest BCUT2D eigenvalue weighted by atomic mass is 32.2. The summed E-state index contributed by atoms with van der Waals surface area (Å²) in [6.07, 6.45) is -0.924. The summed E-state index contributed by atoms with van der Waals surface area (Å²) < 4.78 is 32.3. The highest BCUT2D eigenvalue weighted by molar-refractivity contribution is 7.91. The molecular weight excluding hydrogens is 546 g/mol. The number of aliphatic carboxylic acids is 2. The topological polar surface area (TPSA) is 141 Å². The molecule has 41 heavy (non-hydrogen) atoms. The first-order valence-electron chi connectivity index (χ1n) is 13.2. The second kappa shape index (κ2) is 12.0. The molecule has 0 amide bonds. The van der Waals surface area contributed by atoms with E-state index in [1.807, 2.05) is 37.3 Å². The van der Waals surface area contributed by atoms with Gasteiger partial charge in [0.1, 0.15) is 12.4 Å². The molecule has 0 aromatic heterocycles. The molecular formula is C31H35NO8S. The molecule has 3 aromatic rings. The van der Waals surface area contributed by atoms with Crippen LogP contribution in [0.4, 0.5) is 0 Å². The molecule has 0 unspecified atom stereocenters. The Morgan fingerprint density at radius 1 is 0.927 bits per heavy atom. The Morgan fingerprint density at radius 3 is 2.10 bits per heavy atom. The minimum Gasteiger partial charge on any atom is -0.489 e. The van der Waals surface area contributed by atoms with Gasteiger partial charge in [-0.05, 0) is 47.4 Å². The normalized spacial score (nSPS) is 19.2. The zero-order chi connectivity index (χ0) is 29.9. The summed E-state index contributed by atoms with van der Waals surface area (Å²) in [6, 6.07) is 19.9. The van der Waals surface area contributed by atoms with Crippen molar-refractivity contribution in [2.45, 2.75) is 50.8 Å². The third kappa shape index (κ3) is 7.32. The number of fused-ring (bicyclic) bond motifs is 1. The SMILES string of the molecule is Cc1ccc2c(c1)[C@@H](c1ccc(OCc3ccc(CN(CC(=O)O)CC(=O)O)cc3)cc1)[C@@H](O)C(C)(C)CS2(=O)=O. The minimum absolute atomic E-state index is 0.148. The summed E-state index contributed by atoms with van der Waals surface area (Å²) in [5.41, 5.74) is 3.09. The van der Waals surface area contributed by atoms with Gasteiger partial charge in [0.25, 0.3) is 0 Å². The lowest BCUT2D eigenvalue weighted by Crippen LogP contribution is -2.38. The molecule has 3 aromatic carbocycles. The number of benzene rings is 3. The van der Waals surface area contributed by atoms with E-state index in [0.717, 1.165) is 22.3 Å². The molecule has 0 fully saturated rings. The van der Waals surface area contributed by atoms with E-state index in [2.05, 4.69) is 0 Å². The van der Waals surface area contributed by atoms with E-state index in [4.69, 9.17) is 14.9 Å². The van der Waals surface area contributed by atoms with Crippen LogP contribution in [0.3, 0.4) is 0 Å². The third-order valence-electron chi connectivity index (χ3n) is 7.31. The number of aryl methyl sites for hydroxylation is 1. The second-order valence-electron chi connectivity index (χ2n) is 11.3. The first-order valence-corrected chi connectivity index (χ1v) is 14.9. The van der Waals surface area contributed by atoms with Gasteiger partial charge in [0, 0.05) is 17.9 Å². The number of ether oxygens (including phenoxy) is 1. The van der Waals surface area contributed by atoms with Gasteiger partial charge in [-0.3, -0.25) is 14.5 Å². The van der Waals surface area contributed by atoms with Gasteiger partial charge in [-0.25, -0.2) is 8.42 Å². The van der Waals surface area contributed by atoms with Crippen molar-refractivity contribution >= 4 is 21.8 Å². The summed E-state index contributed by atoms with van der Waals surface area (Å²) in [5, 5.41) is 29.5. The fourth-order valence-electron chi connectivity index (χ4n) is 5.32. The molecule has 4 rings (SSSR count). The van der Waals surface area contributed by atoms with Gasteiger partial charge < -0.3 is 20.1 Å². The standard InChI is InChI=1S/C31H35NO8S/c1-20-4-13-26-25(14-20)29(30(37)31(2,3)19-41(26,38)39)23-9-11-24(12-10-23)40-18-22-7-5-21(6-8-22)15-32(16-27(33)34)17-28(35)36/h4-14,29-30,37H,15-19H2,1-3H3,(H,33,34)(H,35,36)/t29-,30-/m1/s1. The van der Waals surface area contributed by atoms with E-state index in [9.17, 15) is 23.1 Å². The number of sulfone groups is 1. The zero-order valence-electron chi connectivity index (χ0n) is 23.3. The Balaban J connectivity index is 1.48. The predicted molar refractivity (Wildman–Crippen MR) is 153 cm³/mol. The Morgan fingerprint density at radius 2 is 1.51 bits per heavy atom. The van der Waals surface area contributed by atoms with Gasteiger partial charge in [-0.2, -0.15) is 0 Å². The molecule has 2 atom stereocenters. The first kappa shape index (κ1) is 30.2. The summed E-state index contributed by atoms with van der Waals surface area (Å²) in [7, 11) is -3.58. The van der Waals surface area contributed by atoms with Crippen molar-refractivity contribution < 1.29 is 38.1 Å². The van der Waals surface area contributed by atoms with E-state index in [1.54, 1.807) is 50.2 Å². The molecule has 0 saturated carbocycles. The van der Waals surface area contributed by atoms with Crippen LogP contribution in [0, 0.1) is 12.3 Å². The summed E-state index contributed by atoms with van der Waals surface area (Å²) in [6.45, 7) is 5.17. The second-order valence-corrected chi connectivity index (χ2v) is 13.3. The summed E-state index contributed by atoms with van der Waals surface area (Å²) >= 11 is 0. The maximum atomic E-state index is 13.2. The van der Waals surface area contributed by atoms with E-state index >= 15 is 0 Å². The molecule has 0 aliphatic carbocycles. The van der Waals surface area contributed by atoms with Crippen molar-refractivity contribution in [3.8, 4) is 5.75 Å². The van der Waals surface area contributed by atoms with E-state index < -0.39 is 39.2 Å². The number of nitrogens with zero attached hydrogens (tertiary/aromatic N) is 1. The van der Waals surface area contributed by atoms with Crippen molar-refractivity contribution in [3.05, 3.63) is 94.5 Å². The Hall–Kier alpha value is -3.73. The summed E-state index contributed by atoms with van der Waals surface area (Å²) in [4.78, 5) is 23.7. The lowest BCUT2D eigenvalue weighted by molar-refractivity contribution is -0.142. The molecule has 0 bridgehead atoms. The highest BCUT2D eigenvalue weighted by Gasteiger charge is 2.44. The van der Waals surface area contributed by atoms with Crippen LogP contribution in [0.25, 0.3) is 0 Å².